The first-order chi connectivity index (χ1) is 7.36. The maximum Gasteiger partial charge on any atom is 0.416 e. The molecule has 0 heterocycles. The monoisotopic (exact) mass is 248 g/mol. The number of allylic oxidation sites excluding steroid dienone is 2. The Kier molecular flexibility index (Phi) is 3.75. The highest BCUT2D eigenvalue weighted by Crippen LogP contribution is 2.32. The van der Waals surface area contributed by atoms with Gasteiger partial charge in [-0.1, -0.05) is 17.7 Å². The first-order valence-corrected chi connectivity index (χ1v) is 4.78. The largest absolute Gasteiger partial charge is 0.416 e. The molecule has 0 aliphatic heterocycles. The summed E-state index contributed by atoms with van der Waals surface area (Å²) in [6, 6.07) is 2.66. The Bertz CT molecular complexity index is 435. The van der Waals surface area contributed by atoms with Crippen LogP contribution in [-0.4, -0.2) is 5.78 Å². The van der Waals surface area contributed by atoms with E-state index in [1.54, 1.807) is 6.92 Å². The predicted molar refractivity (Wildman–Crippen MR) is 55.6 cm³/mol. The molecule has 0 saturated carbocycles. The summed E-state index contributed by atoms with van der Waals surface area (Å²) in [6.45, 7) is 1.63. The van der Waals surface area contributed by atoms with E-state index < -0.39 is 17.5 Å². The third-order valence-corrected chi connectivity index (χ3v) is 2.19. The Hall–Kier alpha value is -1.29. The smallest absolute Gasteiger partial charge is 0.289 e. The lowest BCUT2D eigenvalue weighted by atomic mass is 10.1. The van der Waals surface area contributed by atoms with Crippen LogP contribution in [-0.2, 0) is 6.18 Å². The number of hydrogen-bond acceptors (Lipinski definition) is 1. The van der Waals surface area contributed by atoms with Crippen molar-refractivity contribution in [1.29, 1.82) is 0 Å². The van der Waals surface area contributed by atoms with Gasteiger partial charge in [0.05, 0.1) is 10.6 Å². The molecule has 0 fully saturated rings. The van der Waals surface area contributed by atoms with Crippen molar-refractivity contribution < 1.29 is 18.0 Å². The van der Waals surface area contributed by atoms with Crippen LogP contribution in [0.15, 0.2) is 30.4 Å². The molecule has 0 amide bonds. The second kappa shape index (κ2) is 4.70. The molecular formula is C11H8ClF3O. The van der Waals surface area contributed by atoms with Crippen molar-refractivity contribution in [2.75, 3.05) is 0 Å². The maximum atomic E-state index is 12.3. The summed E-state index contributed by atoms with van der Waals surface area (Å²) in [5, 5.41) is -0.196. The fourth-order valence-corrected chi connectivity index (χ4v) is 1.41. The molecule has 0 atom stereocenters. The molecule has 16 heavy (non-hydrogen) atoms. The molecule has 1 aromatic carbocycles. The first kappa shape index (κ1) is 12.8. The van der Waals surface area contributed by atoms with Crippen molar-refractivity contribution in [3.8, 4) is 0 Å². The van der Waals surface area contributed by atoms with E-state index in [0.717, 1.165) is 18.2 Å². The number of hydrogen-bond donors (Lipinski definition) is 0. The SMILES string of the molecule is C/C=C/C(=O)c1ccc(C(F)(F)F)cc1Cl. The standard InChI is InChI=1S/C11H8ClF3O/c1-2-3-10(16)8-5-4-7(6-9(8)12)11(13,14)15/h2-6H,1H3/b3-2+. The van der Waals surface area contributed by atoms with E-state index in [0.29, 0.717) is 0 Å². The van der Waals surface area contributed by atoms with Crippen LogP contribution in [0.5, 0.6) is 0 Å². The molecule has 1 rings (SSSR count). The molecule has 0 bridgehead atoms. The van der Waals surface area contributed by atoms with Crippen molar-refractivity contribution in [2.24, 2.45) is 0 Å². The second-order valence-electron chi connectivity index (χ2n) is 3.06. The summed E-state index contributed by atoms with van der Waals surface area (Å²) in [5.41, 5.74) is -0.803. The highest BCUT2D eigenvalue weighted by atomic mass is 35.5. The minimum absolute atomic E-state index is 0.0627. The molecule has 1 aromatic rings. The summed E-state index contributed by atoms with van der Waals surface area (Å²) in [4.78, 5) is 11.4. The number of carbonyl (C=O) groups excluding carboxylic acids is 1. The lowest BCUT2D eigenvalue weighted by molar-refractivity contribution is -0.137. The molecule has 1 nitrogen and oxygen atoms in total. The molecule has 0 aromatic heterocycles. The quantitative estimate of drug-likeness (QED) is 0.568. The maximum absolute atomic E-state index is 12.3. The highest BCUT2D eigenvalue weighted by Gasteiger charge is 2.31. The molecule has 5 heteroatoms. The van der Waals surface area contributed by atoms with Gasteiger partial charge in [0.2, 0.25) is 0 Å². The van der Waals surface area contributed by atoms with Gasteiger partial charge in [-0.2, -0.15) is 13.2 Å². The van der Waals surface area contributed by atoms with Crippen LogP contribution in [0.3, 0.4) is 0 Å². The summed E-state index contributed by atoms with van der Waals surface area (Å²) in [6.07, 6.45) is -1.71. The van der Waals surface area contributed by atoms with Crippen LogP contribution in [0.2, 0.25) is 5.02 Å². The number of benzene rings is 1. The fraction of sp³-hybridized carbons (Fsp3) is 0.182. The van der Waals surface area contributed by atoms with Gasteiger partial charge >= 0.3 is 6.18 Å². The highest BCUT2D eigenvalue weighted by molar-refractivity contribution is 6.34. The van der Waals surface area contributed by atoms with Crippen molar-refractivity contribution in [3.05, 3.63) is 46.5 Å². The first-order valence-electron chi connectivity index (χ1n) is 4.40. The van der Waals surface area contributed by atoms with E-state index in [4.69, 9.17) is 11.6 Å². The van der Waals surface area contributed by atoms with Crippen LogP contribution in [0.25, 0.3) is 0 Å². The zero-order valence-corrected chi connectivity index (χ0v) is 9.06. The Labute approximate surface area is 95.5 Å². The molecule has 0 spiro atoms. The van der Waals surface area contributed by atoms with Gasteiger partial charge in [0.1, 0.15) is 0 Å². The molecule has 0 aliphatic rings. The molecule has 0 aliphatic carbocycles. The van der Waals surface area contributed by atoms with Gasteiger partial charge in [-0.15, -0.1) is 0 Å². The van der Waals surface area contributed by atoms with E-state index in [1.807, 2.05) is 0 Å². The fourth-order valence-electron chi connectivity index (χ4n) is 1.13. The van der Waals surface area contributed by atoms with Gasteiger partial charge in [-0.25, -0.2) is 0 Å². The van der Waals surface area contributed by atoms with Crippen LogP contribution in [0.4, 0.5) is 13.2 Å². The van der Waals surface area contributed by atoms with E-state index in [-0.39, 0.29) is 10.6 Å². The van der Waals surface area contributed by atoms with Gasteiger partial charge in [0, 0.05) is 5.56 Å². The minimum atomic E-state index is -4.45. The van der Waals surface area contributed by atoms with E-state index in [9.17, 15) is 18.0 Å². The predicted octanol–water partition coefficient (Wildman–Crippen LogP) is 4.12. The number of halogens is 4. The third kappa shape index (κ3) is 2.85. The average molecular weight is 249 g/mol. The van der Waals surface area contributed by atoms with Gasteiger partial charge < -0.3 is 0 Å². The molecule has 0 unspecified atom stereocenters. The molecule has 0 radical (unpaired) electrons. The molecule has 0 saturated heterocycles. The van der Waals surface area contributed by atoms with Crippen molar-refractivity contribution in [2.45, 2.75) is 13.1 Å². The van der Waals surface area contributed by atoms with Crippen LogP contribution >= 0.6 is 11.6 Å². The zero-order chi connectivity index (χ0) is 12.3. The van der Waals surface area contributed by atoms with Gasteiger partial charge in [-0.05, 0) is 31.2 Å². The third-order valence-electron chi connectivity index (χ3n) is 1.88. The van der Waals surface area contributed by atoms with E-state index >= 15 is 0 Å². The Morgan fingerprint density at radius 3 is 2.44 bits per heavy atom. The van der Waals surface area contributed by atoms with Gasteiger partial charge in [-0.3, -0.25) is 4.79 Å². The van der Waals surface area contributed by atoms with Crippen molar-refractivity contribution in [1.82, 2.24) is 0 Å². The van der Waals surface area contributed by atoms with Gasteiger partial charge in [0.25, 0.3) is 0 Å². The molecule has 0 N–H and O–H groups in total. The summed E-state index contributed by atoms with van der Waals surface area (Å²) < 4.78 is 36.9. The number of carbonyl (C=O) groups is 1. The molecular weight excluding hydrogens is 241 g/mol. The van der Waals surface area contributed by atoms with Crippen LogP contribution in [0.1, 0.15) is 22.8 Å². The normalized spacial score (nSPS) is 12.1. The Morgan fingerprint density at radius 1 is 1.38 bits per heavy atom. The Morgan fingerprint density at radius 2 is 2.00 bits per heavy atom. The summed E-state index contributed by atoms with van der Waals surface area (Å²) >= 11 is 5.61. The zero-order valence-electron chi connectivity index (χ0n) is 8.31. The lowest BCUT2D eigenvalue weighted by Crippen LogP contribution is -2.06. The number of ketones is 1. The van der Waals surface area contributed by atoms with Gasteiger partial charge in [0.15, 0.2) is 5.78 Å². The number of rotatable bonds is 2. The number of alkyl halides is 3. The second-order valence-corrected chi connectivity index (χ2v) is 3.46. The van der Waals surface area contributed by atoms with Crippen LogP contribution < -0.4 is 0 Å². The average Bonchev–Trinajstić information content (AvgIpc) is 2.16. The lowest BCUT2D eigenvalue weighted by Gasteiger charge is -2.08. The van der Waals surface area contributed by atoms with E-state index in [1.165, 1.54) is 12.2 Å². The van der Waals surface area contributed by atoms with Crippen molar-refractivity contribution in [3.63, 3.8) is 0 Å². The van der Waals surface area contributed by atoms with Crippen molar-refractivity contribution >= 4 is 17.4 Å². The van der Waals surface area contributed by atoms with Crippen LogP contribution in [0, 0.1) is 0 Å². The Balaban J connectivity index is 3.15. The molecule has 86 valence electrons. The minimum Gasteiger partial charge on any atom is -0.289 e. The topological polar surface area (TPSA) is 17.1 Å². The summed E-state index contributed by atoms with van der Waals surface area (Å²) in [7, 11) is 0. The summed E-state index contributed by atoms with van der Waals surface area (Å²) in [5.74, 6) is -0.416. The van der Waals surface area contributed by atoms with E-state index in [2.05, 4.69) is 0 Å².